The van der Waals surface area contributed by atoms with Gasteiger partial charge in [0.2, 0.25) is 0 Å². The Morgan fingerprint density at radius 3 is 2.33 bits per heavy atom. The summed E-state index contributed by atoms with van der Waals surface area (Å²) in [5.74, 6) is 0. The van der Waals surface area contributed by atoms with Gasteiger partial charge in [0.15, 0.2) is 0 Å². The summed E-state index contributed by atoms with van der Waals surface area (Å²) >= 11 is 0. The van der Waals surface area contributed by atoms with Crippen LogP contribution in [0.1, 0.15) is 58.8 Å². The molecule has 2 fully saturated rings. The number of piperidine rings is 1. The normalized spacial score (nSPS) is 28.4. The molecule has 0 radical (unpaired) electrons. The lowest BCUT2D eigenvalue weighted by molar-refractivity contribution is -0.0866. The highest BCUT2D eigenvalue weighted by Crippen LogP contribution is 2.24. The van der Waals surface area contributed by atoms with E-state index in [4.69, 9.17) is 4.74 Å². The molecule has 3 heterocycles. The predicted molar refractivity (Wildman–Crippen MR) is 97.2 cm³/mol. The van der Waals surface area contributed by atoms with E-state index in [1.54, 1.807) is 0 Å². The minimum absolute atomic E-state index is 0.117. The molecule has 0 bridgehead atoms. The Hall–Kier alpha value is -0.910. The Bertz CT molecular complexity index is 518. The molecule has 0 spiro atoms. The van der Waals surface area contributed by atoms with Crippen molar-refractivity contribution in [2.45, 2.75) is 77.7 Å². The highest BCUT2D eigenvalue weighted by Gasteiger charge is 2.30. The number of hydrogen-bond donors (Lipinski definition) is 1. The van der Waals surface area contributed by atoms with Crippen LogP contribution >= 0.6 is 0 Å². The number of aromatic nitrogens is 2. The number of ether oxygens (including phenoxy) is 1. The molecule has 0 amide bonds. The largest absolute Gasteiger partial charge is 0.373 e. The van der Waals surface area contributed by atoms with Crippen LogP contribution in [0.4, 0.5) is 0 Å². The van der Waals surface area contributed by atoms with Crippen LogP contribution in [-0.4, -0.2) is 64.4 Å². The zero-order valence-corrected chi connectivity index (χ0v) is 16.0. The summed E-state index contributed by atoms with van der Waals surface area (Å²) in [4.78, 5) is 5.22. The van der Waals surface area contributed by atoms with Gasteiger partial charge in [-0.05, 0) is 32.8 Å². The summed E-state index contributed by atoms with van der Waals surface area (Å²) < 4.78 is 5.87. The van der Waals surface area contributed by atoms with E-state index in [0.29, 0.717) is 12.2 Å². The molecule has 2 aliphatic rings. The van der Waals surface area contributed by atoms with E-state index in [9.17, 15) is 0 Å². The molecule has 0 unspecified atom stereocenters. The molecule has 3 rings (SSSR count). The van der Waals surface area contributed by atoms with Crippen LogP contribution in [0.5, 0.6) is 0 Å². The number of nitrogens with zero attached hydrogens (tertiary/aromatic N) is 3. The van der Waals surface area contributed by atoms with Crippen LogP contribution in [0.25, 0.3) is 0 Å². The Morgan fingerprint density at radius 1 is 1.17 bits per heavy atom. The summed E-state index contributed by atoms with van der Waals surface area (Å²) in [6, 6.07) is 2.96. The van der Waals surface area contributed by atoms with Crippen LogP contribution in [0.15, 0.2) is 6.07 Å². The summed E-state index contributed by atoms with van der Waals surface area (Å²) in [7, 11) is 0. The summed E-state index contributed by atoms with van der Waals surface area (Å²) in [6.07, 6.45) is 3.26. The third-order valence-electron chi connectivity index (χ3n) is 5.31. The van der Waals surface area contributed by atoms with Gasteiger partial charge >= 0.3 is 0 Å². The molecular formula is C19H34N4O. The Kier molecular flexibility index (Phi) is 5.33. The second-order valence-corrected chi connectivity index (χ2v) is 8.75. The number of H-pyrrole nitrogens is 1. The summed E-state index contributed by atoms with van der Waals surface area (Å²) in [5, 5.41) is 7.71. The number of likely N-dealkylation sites (tertiary alicyclic amines) is 1. The maximum atomic E-state index is 5.87. The molecule has 136 valence electrons. The van der Waals surface area contributed by atoms with E-state index in [0.717, 1.165) is 31.4 Å². The van der Waals surface area contributed by atoms with E-state index in [1.807, 2.05) is 0 Å². The summed E-state index contributed by atoms with van der Waals surface area (Å²) in [5.41, 5.74) is 2.52. The molecule has 0 saturated carbocycles. The number of rotatable bonds is 3. The molecule has 2 saturated heterocycles. The molecule has 1 N–H and O–H groups in total. The van der Waals surface area contributed by atoms with Gasteiger partial charge in [-0.15, -0.1) is 0 Å². The van der Waals surface area contributed by atoms with E-state index >= 15 is 0 Å². The average Bonchev–Trinajstić information content (AvgIpc) is 2.96. The molecule has 2 atom stereocenters. The number of aromatic amines is 1. The number of morpholine rings is 1. The Balaban J connectivity index is 1.49. The monoisotopic (exact) mass is 334 g/mol. The quantitative estimate of drug-likeness (QED) is 0.923. The van der Waals surface area contributed by atoms with Gasteiger partial charge in [0, 0.05) is 49.9 Å². The van der Waals surface area contributed by atoms with Gasteiger partial charge in [-0.25, -0.2) is 0 Å². The van der Waals surface area contributed by atoms with Crippen molar-refractivity contribution in [2.24, 2.45) is 0 Å². The fourth-order valence-electron chi connectivity index (χ4n) is 4.03. The lowest BCUT2D eigenvalue weighted by Crippen LogP contribution is -2.53. The minimum atomic E-state index is 0.117. The molecule has 1 aromatic rings. The summed E-state index contributed by atoms with van der Waals surface area (Å²) in [6.45, 7) is 16.5. The van der Waals surface area contributed by atoms with Gasteiger partial charge in [0.05, 0.1) is 17.9 Å². The van der Waals surface area contributed by atoms with E-state index in [2.05, 4.69) is 60.7 Å². The fourth-order valence-corrected chi connectivity index (χ4v) is 4.03. The van der Waals surface area contributed by atoms with Gasteiger partial charge in [-0.2, -0.15) is 5.10 Å². The first-order chi connectivity index (χ1) is 11.3. The van der Waals surface area contributed by atoms with Crippen molar-refractivity contribution in [1.29, 1.82) is 0 Å². The first-order valence-corrected chi connectivity index (χ1v) is 9.48. The molecular weight excluding hydrogens is 300 g/mol. The van der Waals surface area contributed by atoms with Crippen molar-refractivity contribution in [3.8, 4) is 0 Å². The zero-order valence-electron chi connectivity index (χ0n) is 16.0. The van der Waals surface area contributed by atoms with Gasteiger partial charge < -0.3 is 4.74 Å². The Morgan fingerprint density at radius 2 is 1.79 bits per heavy atom. The molecule has 24 heavy (non-hydrogen) atoms. The zero-order chi connectivity index (χ0) is 17.3. The minimum Gasteiger partial charge on any atom is -0.373 e. The molecule has 5 nitrogen and oxygen atoms in total. The molecule has 2 aliphatic heterocycles. The van der Waals surface area contributed by atoms with Gasteiger partial charge in [0.1, 0.15) is 0 Å². The van der Waals surface area contributed by atoms with E-state index in [1.165, 1.54) is 31.6 Å². The van der Waals surface area contributed by atoms with E-state index in [-0.39, 0.29) is 5.41 Å². The SMILES string of the molecule is C[C@@H]1CN(C2CCN(Cc3cc(C(C)(C)C)n[nH]3)CC2)C[C@H](C)O1. The third-order valence-corrected chi connectivity index (χ3v) is 5.31. The maximum absolute atomic E-state index is 5.87. The smallest absolute Gasteiger partial charge is 0.0678 e. The van der Waals surface area contributed by atoms with Gasteiger partial charge in [-0.3, -0.25) is 14.9 Å². The average molecular weight is 335 g/mol. The van der Waals surface area contributed by atoms with Crippen molar-refractivity contribution in [1.82, 2.24) is 20.0 Å². The molecule has 1 aromatic heterocycles. The first kappa shape index (κ1) is 17.9. The second-order valence-electron chi connectivity index (χ2n) is 8.75. The highest BCUT2D eigenvalue weighted by atomic mass is 16.5. The van der Waals surface area contributed by atoms with Crippen LogP contribution < -0.4 is 0 Å². The molecule has 0 aliphatic carbocycles. The predicted octanol–water partition coefficient (Wildman–Crippen LogP) is 2.78. The second kappa shape index (κ2) is 7.14. The third kappa shape index (κ3) is 4.38. The molecule has 5 heteroatoms. The van der Waals surface area contributed by atoms with Crippen molar-refractivity contribution in [2.75, 3.05) is 26.2 Å². The fraction of sp³-hybridized carbons (Fsp3) is 0.842. The van der Waals surface area contributed by atoms with Crippen LogP contribution in [-0.2, 0) is 16.7 Å². The van der Waals surface area contributed by atoms with Gasteiger partial charge in [-0.1, -0.05) is 20.8 Å². The lowest BCUT2D eigenvalue weighted by Gasteiger charge is -2.43. The van der Waals surface area contributed by atoms with Crippen LogP contribution in [0, 0.1) is 0 Å². The van der Waals surface area contributed by atoms with Crippen LogP contribution in [0.3, 0.4) is 0 Å². The Labute approximate surface area is 146 Å². The number of nitrogens with one attached hydrogen (secondary N) is 1. The highest BCUT2D eigenvalue weighted by molar-refractivity contribution is 5.16. The number of hydrogen-bond acceptors (Lipinski definition) is 4. The maximum Gasteiger partial charge on any atom is 0.0678 e. The standard InChI is InChI=1S/C19H34N4O/c1-14-11-23(12-15(2)24-14)17-6-8-22(9-7-17)13-16-10-18(21-20-16)19(3,4)5/h10,14-15,17H,6-9,11-13H2,1-5H3,(H,20,21)/t14-,15+. The van der Waals surface area contributed by atoms with Crippen molar-refractivity contribution >= 4 is 0 Å². The van der Waals surface area contributed by atoms with Crippen molar-refractivity contribution < 1.29 is 4.74 Å². The van der Waals surface area contributed by atoms with E-state index < -0.39 is 0 Å². The van der Waals surface area contributed by atoms with Gasteiger partial charge in [0.25, 0.3) is 0 Å². The first-order valence-electron chi connectivity index (χ1n) is 9.48. The van der Waals surface area contributed by atoms with Crippen LogP contribution in [0.2, 0.25) is 0 Å². The van der Waals surface area contributed by atoms with Crippen molar-refractivity contribution in [3.63, 3.8) is 0 Å². The lowest BCUT2D eigenvalue weighted by atomic mass is 9.92. The topological polar surface area (TPSA) is 44.4 Å². The molecule has 0 aromatic carbocycles. The van der Waals surface area contributed by atoms with Crippen molar-refractivity contribution in [3.05, 3.63) is 17.5 Å².